The lowest BCUT2D eigenvalue weighted by Crippen LogP contribution is -2.11. The van der Waals surface area contributed by atoms with E-state index in [0.29, 0.717) is 22.3 Å². The first-order chi connectivity index (χ1) is 30.3. The molecule has 3 heterocycles. The number of thiophene rings is 1. The van der Waals surface area contributed by atoms with Crippen molar-refractivity contribution in [3.05, 3.63) is 194 Å². The number of fused-ring (bicyclic) bond motifs is 6. The minimum Gasteiger partial charge on any atom is -0.456 e. The van der Waals surface area contributed by atoms with Crippen LogP contribution in [0.4, 0.5) is 17.1 Å². The molecule has 0 aliphatic carbocycles. The Bertz CT molecular complexity index is 3510. The molecule has 0 amide bonds. The second kappa shape index (κ2) is 13.7. The summed E-state index contributed by atoms with van der Waals surface area (Å²) >= 11 is 1.75. The summed E-state index contributed by atoms with van der Waals surface area (Å²) in [6, 6.07) is 52.7. The summed E-state index contributed by atoms with van der Waals surface area (Å²) in [5, 5.41) is 3.87. The zero-order valence-electron chi connectivity index (χ0n) is 35.2. The van der Waals surface area contributed by atoms with Gasteiger partial charge in [-0.15, -0.1) is 11.3 Å². The van der Waals surface area contributed by atoms with Crippen molar-refractivity contribution in [1.82, 2.24) is 15.0 Å². The number of anilines is 3. The van der Waals surface area contributed by atoms with Gasteiger partial charge in [0, 0.05) is 59.4 Å². The third-order valence-corrected chi connectivity index (χ3v) is 11.3. The minimum absolute atomic E-state index is 0.0416. The van der Waals surface area contributed by atoms with Crippen LogP contribution in [0.2, 0.25) is 0 Å². The molecule has 3 aromatic heterocycles. The Morgan fingerprint density at radius 2 is 1.09 bits per heavy atom. The van der Waals surface area contributed by atoms with E-state index in [0.717, 1.165) is 54.4 Å². The Labute approximate surface area is 339 Å². The van der Waals surface area contributed by atoms with E-state index < -0.39 is 30.2 Å². The molecule has 0 bridgehead atoms. The molecule has 268 valence electrons. The summed E-state index contributed by atoms with van der Waals surface area (Å²) in [5.41, 5.74) is 7.29. The highest BCUT2D eigenvalue weighted by Crippen LogP contribution is 2.48. The highest BCUT2D eigenvalue weighted by molar-refractivity contribution is 7.26. The molecule has 0 aliphatic rings. The summed E-state index contributed by atoms with van der Waals surface area (Å²) in [6.45, 7) is 0. The predicted molar refractivity (Wildman–Crippen MR) is 236 cm³/mol. The Kier molecular flexibility index (Phi) is 6.75. The molecule has 5 nitrogen and oxygen atoms in total. The largest absolute Gasteiger partial charge is 0.456 e. The molecule has 0 spiro atoms. The second-order valence-corrected chi connectivity index (χ2v) is 14.7. The normalized spacial score (nSPS) is 12.7. The Morgan fingerprint density at radius 3 is 1.88 bits per heavy atom. The first-order valence-electron chi connectivity index (χ1n) is 21.0. The number of hydrogen-bond acceptors (Lipinski definition) is 6. The van der Waals surface area contributed by atoms with Crippen LogP contribution >= 0.6 is 11.3 Å². The van der Waals surface area contributed by atoms with Gasteiger partial charge < -0.3 is 9.32 Å². The first-order valence-corrected chi connectivity index (χ1v) is 19.3. The van der Waals surface area contributed by atoms with Crippen LogP contribution in [-0.2, 0) is 0 Å². The number of hydrogen-bond donors (Lipinski definition) is 0. The van der Waals surface area contributed by atoms with Crippen LogP contribution in [-0.4, -0.2) is 15.0 Å². The summed E-state index contributed by atoms with van der Waals surface area (Å²) in [5.74, 6) is 0.490. The molecule has 11 aromatic rings. The van der Waals surface area contributed by atoms with Gasteiger partial charge in [-0.05, 0) is 53.6 Å². The van der Waals surface area contributed by atoms with Gasteiger partial charge in [-0.25, -0.2) is 15.0 Å². The zero-order valence-corrected chi connectivity index (χ0v) is 31.0. The van der Waals surface area contributed by atoms with Gasteiger partial charge in [-0.3, -0.25) is 0 Å². The Balaban J connectivity index is 1.22. The summed E-state index contributed by atoms with van der Waals surface area (Å²) in [4.78, 5) is 17.1. The monoisotopic (exact) mass is 753 g/mol. The van der Waals surface area contributed by atoms with Crippen molar-refractivity contribution < 1.29 is 11.3 Å². The van der Waals surface area contributed by atoms with Crippen molar-refractivity contribution in [2.45, 2.75) is 0 Å². The van der Waals surface area contributed by atoms with Crippen LogP contribution in [0.1, 0.15) is 6.85 Å². The van der Waals surface area contributed by atoms with Gasteiger partial charge in [-0.1, -0.05) is 145 Å². The number of furan rings is 1. The van der Waals surface area contributed by atoms with Crippen LogP contribution in [0.3, 0.4) is 0 Å². The topological polar surface area (TPSA) is 55.1 Å². The Morgan fingerprint density at radius 1 is 0.456 bits per heavy atom. The highest BCUT2D eigenvalue weighted by atomic mass is 32.1. The molecule has 11 rings (SSSR count). The molecular weight excluding hydrogens is 717 g/mol. The van der Waals surface area contributed by atoms with Crippen LogP contribution in [0.25, 0.3) is 87.4 Å². The third-order valence-electron chi connectivity index (χ3n) is 10.2. The van der Waals surface area contributed by atoms with E-state index in [9.17, 15) is 0 Å². The molecule has 6 heteroatoms. The van der Waals surface area contributed by atoms with E-state index in [-0.39, 0.29) is 23.0 Å². The lowest BCUT2D eigenvalue weighted by Gasteiger charge is -2.27. The molecular formula is C51H32N4OS. The SMILES string of the molecule is [2H]c1c([2H])c([2H])c(-c2nc(-c3ccccc3)nc(-c3cc(N(c4ccc(-c5ccccc5)cc4)c4cccc5sc6ccccc6c45)cc4oc5ccccc5c34)n2)c([2H])c1[2H]. The van der Waals surface area contributed by atoms with Gasteiger partial charge in [0.1, 0.15) is 11.2 Å². The number of nitrogens with zero attached hydrogens (tertiary/aromatic N) is 4. The maximum Gasteiger partial charge on any atom is 0.164 e. The molecule has 0 N–H and O–H groups in total. The molecule has 0 aliphatic heterocycles. The van der Waals surface area contributed by atoms with E-state index in [1.54, 1.807) is 11.3 Å². The predicted octanol–water partition coefficient (Wildman–Crippen LogP) is 14.3. The minimum atomic E-state index is -0.495. The van der Waals surface area contributed by atoms with E-state index in [1.165, 1.54) is 4.70 Å². The van der Waals surface area contributed by atoms with E-state index >= 15 is 0 Å². The van der Waals surface area contributed by atoms with Gasteiger partial charge in [0.2, 0.25) is 0 Å². The third kappa shape index (κ3) is 5.82. The lowest BCUT2D eigenvalue weighted by molar-refractivity contribution is 0.669. The van der Waals surface area contributed by atoms with Crippen molar-refractivity contribution >= 4 is 70.5 Å². The highest BCUT2D eigenvalue weighted by Gasteiger charge is 2.24. The molecule has 0 fully saturated rings. The van der Waals surface area contributed by atoms with Crippen molar-refractivity contribution in [2.24, 2.45) is 0 Å². The summed E-state index contributed by atoms with van der Waals surface area (Å²) in [6.07, 6.45) is 0. The first kappa shape index (κ1) is 28.1. The maximum atomic E-state index is 8.90. The standard InChI is InChI=1S/C51H32N4OS/c1-4-15-33(16-5-1)34-27-29-37(30-28-34)55(42-23-14-26-46-48(42)40-22-11-13-25-45(40)57-46)38-31-41(47-39-21-10-12-24-43(39)56-44(47)32-38)51-53-49(35-17-6-2-7-18-35)52-50(54-51)36-19-8-3-9-20-36/h1-32H/i2D,6D,7D,17D,18D. The summed E-state index contributed by atoms with van der Waals surface area (Å²) < 4.78 is 52.1. The molecule has 57 heavy (non-hydrogen) atoms. The molecule has 0 unspecified atom stereocenters. The number of rotatable bonds is 7. The van der Waals surface area contributed by atoms with Crippen LogP contribution < -0.4 is 4.90 Å². The van der Waals surface area contributed by atoms with Crippen molar-refractivity contribution in [3.8, 4) is 45.3 Å². The quantitative estimate of drug-likeness (QED) is 0.162. The van der Waals surface area contributed by atoms with Crippen LogP contribution in [0.5, 0.6) is 0 Å². The average molecular weight is 754 g/mol. The van der Waals surface area contributed by atoms with Crippen molar-refractivity contribution in [2.75, 3.05) is 4.90 Å². The van der Waals surface area contributed by atoms with Crippen molar-refractivity contribution in [1.29, 1.82) is 0 Å². The van der Waals surface area contributed by atoms with Gasteiger partial charge in [0.15, 0.2) is 17.5 Å². The molecule has 0 radical (unpaired) electrons. The fourth-order valence-corrected chi connectivity index (χ4v) is 8.76. The molecule has 0 saturated heterocycles. The number of aromatic nitrogens is 3. The Hall–Kier alpha value is -7.41. The van der Waals surface area contributed by atoms with Crippen LogP contribution in [0, 0.1) is 0 Å². The van der Waals surface area contributed by atoms with E-state index in [1.807, 2.05) is 78.9 Å². The second-order valence-electron chi connectivity index (χ2n) is 13.6. The number of benzene rings is 8. The van der Waals surface area contributed by atoms with Crippen molar-refractivity contribution in [3.63, 3.8) is 0 Å². The fourth-order valence-electron chi connectivity index (χ4n) is 7.63. The summed E-state index contributed by atoms with van der Waals surface area (Å²) in [7, 11) is 0. The zero-order chi connectivity index (χ0) is 42.1. The maximum absolute atomic E-state index is 8.90. The molecule has 8 aromatic carbocycles. The average Bonchev–Trinajstić information content (AvgIpc) is 3.90. The smallest absolute Gasteiger partial charge is 0.164 e. The lowest BCUT2D eigenvalue weighted by atomic mass is 10.0. The van der Waals surface area contributed by atoms with E-state index in [4.69, 9.17) is 26.2 Å². The molecule has 0 atom stereocenters. The van der Waals surface area contributed by atoms with Gasteiger partial charge in [-0.2, -0.15) is 0 Å². The van der Waals surface area contributed by atoms with Gasteiger partial charge >= 0.3 is 0 Å². The fraction of sp³-hybridized carbons (Fsp3) is 0. The van der Waals surface area contributed by atoms with Crippen LogP contribution in [0.15, 0.2) is 198 Å². The van der Waals surface area contributed by atoms with E-state index in [2.05, 4.69) is 89.8 Å². The van der Waals surface area contributed by atoms with Gasteiger partial charge in [0.05, 0.1) is 18.2 Å². The number of para-hydroxylation sites is 1. The van der Waals surface area contributed by atoms with Gasteiger partial charge in [0.25, 0.3) is 0 Å². The molecule has 0 saturated carbocycles.